The van der Waals surface area contributed by atoms with Crippen LogP contribution in [-0.2, 0) is 4.84 Å². The SMILES string of the molecule is CN(C)C(=O)N1CCN(c2ccc(N3CCN(OC(=O)NC4[C@@H]5CC6C[C@H]4CC(O)(C6)C5)c4ccccc43)cc2)CC1. The van der Waals surface area contributed by atoms with Gasteiger partial charge in [0.15, 0.2) is 0 Å². The summed E-state index contributed by atoms with van der Waals surface area (Å²) < 4.78 is 0. The molecule has 0 radical (unpaired) electrons. The van der Waals surface area contributed by atoms with E-state index >= 15 is 0 Å². The molecular weight excluding hydrogens is 532 g/mol. The number of para-hydroxylation sites is 2. The quantitative estimate of drug-likeness (QED) is 0.570. The van der Waals surface area contributed by atoms with Gasteiger partial charge in [-0.3, -0.25) is 0 Å². The molecule has 5 atom stereocenters. The average Bonchev–Trinajstić information content (AvgIpc) is 2.98. The van der Waals surface area contributed by atoms with Crippen LogP contribution in [0.15, 0.2) is 48.5 Å². The van der Waals surface area contributed by atoms with Gasteiger partial charge in [0.2, 0.25) is 0 Å². The van der Waals surface area contributed by atoms with Crippen LogP contribution in [-0.4, -0.2) is 92.0 Å². The molecule has 10 heteroatoms. The molecule has 0 spiro atoms. The van der Waals surface area contributed by atoms with E-state index in [9.17, 15) is 14.7 Å². The minimum absolute atomic E-state index is 0.0664. The van der Waals surface area contributed by atoms with Gasteiger partial charge in [-0.25, -0.2) is 14.7 Å². The number of hydrogen-bond donors (Lipinski definition) is 2. The molecule has 5 fully saturated rings. The summed E-state index contributed by atoms with van der Waals surface area (Å²) in [6.07, 6.45) is 4.29. The average molecular weight is 575 g/mol. The first-order valence-electron chi connectivity index (χ1n) is 15.4. The number of fused-ring (bicyclic) bond motifs is 1. The first kappa shape index (κ1) is 27.2. The Morgan fingerprint density at radius 2 is 1.50 bits per heavy atom. The second-order valence-electron chi connectivity index (χ2n) is 13.2. The van der Waals surface area contributed by atoms with E-state index < -0.39 is 11.7 Å². The Balaban J connectivity index is 0.993. The molecule has 2 aromatic rings. The van der Waals surface area contributed by atoms with Crippen molar-refractivity contribution in [2.24, 2.45) is 17.8 Å². The highest BCUT2D eigenvalue weighted by Crippen LogP contribution is 2.55. The molecule has 1 saturated heterocycles. The van der Waals surface area contributed by atoms with E-state index in [4.69, 9.17) is 4.84 Å². The number of anilines is 4. The zero-order valence-electron chi connectivity index (χ0n) is 24.6. The van der Waals surface area contributed by atoms with Gasteiger partial charge in [-0.1, -0.05) is 12.1 Å². The molecule has 2 heterocycles. The van der Waals surface area contributed by atoms with Crippen LogP contribution < -0.4 is 20.2 Å². The molecule has 0 aromatic heterocycles. The third-order valence-electron chi connectivity index (χ3n) is 10.1. The molecule has 8 rings (SSSR count). The maximum atomic E-state index is 13.1. The van der Waals surface area contributed by atoms with E-state index in [0.29, 0.717) is 43.9 Å². The lowest BCUT2D eigenvalue weighted by atomic mass is 9.52. The lowest BCUT2D eigenvalue weighted by molar-refractivity contribution is -0.137. The Morgan fingerprint density at radius 3 is 2.14 bits per heavy atom. The number of aliphatic hydroxyl groups is 1. The number of carbonyl (C=O) groups excluding carboxylic acids is 2. The van der Waals surface area contributed by atoms with E-state index in [1.807, 2.05) is 23.1 Å². The van der Waals surface area contributed by atoms with Crippen LogP contribution >= 0.6 is 0 Å². The predicted molar refractivity (Wildman–Crippen MR) is 162 cm³/mol. The van der Waals surface area contributed by atoms with Gasteiger partial charge in [-0.05, 0) is 86.3 Å². The fourth-order valence-corrected chi connectivity index (χ4v) is 8.46. The zero-order chi connectivity index (χ0) is 29.0. The highest BCUT2D eigenvalue weighted by atomic mass is 16.7. The molecule has 3 unspecified atom stereocenters. The molecule has 2 aliphatic heterocycles. The van der Waals surface area contributed by atoms with Gasteiger partial charge in [-0.15, -0.1) is 0 Å². The van der Waals surface area contributed by atoms with E-state index in [-0.39, 0.29) is 12.1 Å². The maximum absolute atomic E-state index is 13.1. The second kappa shape index (κ2) is 10.6. The van der Waals surface area contributed by atoms with Gasteiger partial charge in [0.25, 0.3) is 0 Å². The van der Waals surface area contributed by atoms with Crippen LogP contribution in [0.25, 0.3) is 0 Å². The van der Waals surface area contributed by atoms with Gasteiger partial charge in [0, 0.05) is 64.2 Å². The van der Waals surface area contributed by atoms with Gasteiger partial charge in [0.1, 0.15) is 0 Å². The number of urea groups is 1. The minimum Gasteiger partial charge on any atom is -0.390 e. The number of nitrogens with one attached hydrogen (secondary N) is 1. The van der Waals surface area contributed by atoms with Crippen LogP contribution in [0.4, 0.5) is 32.3 Å². The number of carbonyl (C=O) groups is 2. The second-order valence-corrected chi connectivity index (χ2v) is 13.2. The Bertz CT molecular complexity index is 1310. The monoisotopic (exact) mass is 574 g/mol. The van der Waals surface area contributed by atoms with Crippen molar-refractivity contribution in [3.63, 3.8) is 0 Å². The number of piperazine rings is 1. The molecule has 4 aliphatic carbocycles. The number of rotatable bonds is 4. The van der Waals surface area contributed by atoms with Gasteiger partial charge >= 0.3 is 12.1 Å². The van der Waals surface area contributed by atoms with Crippen molar-refractivity contribution < 1.29 is 19.5 Å². The molecule has 4 bridgehead atoms. The van der Waals surface area contributed by atoms with Crippen LogP contribution in [0, 0.1) is 17.8 Å². The molecule has 2 aromatic carbocycles. The maximum Gasteiger partial charge on any atom is 0.431 e. The lowest BCUT2D eigenvalue weighted by Crippen LogP contribution is -2.62. The summed E-state index contributed by atoms with van der Waals surface area (Å²) in [5.41, 5.74) is 3.58. The Kier molecular flexibility index (Phi) is 6.84. The van der Waals surface area contributed by atoms with Gasteiger partial charge < -0.3 is 34.9 Å². The number of benzene rings is 2. The first-order valence-corrected chi connectivity index (χ1v) is 15.4. The fourth-order valence-electron chi connectivity index (χ4n) is 8.46. The number of hydrogen-bond acceptors (Lipinski definition) is 7. The molecule has 6 aliphatic rings. The van der Waals surface area contributed by atoms with E-state index in [1.165, 1.54) is 0 Å². The van der Waals surface area contributed by atoms with Crippen LogP contribution in [0.5, 0.6) is 0 Å². The molecule has 3 amide bonds. The largest absolute Gasteiger partial charge is 0.431 e. The molecule has 10 nitrogen and oxygen atoms in total. The van der Waals surface area contributed by atoms with Crippen LogP contribution in [0.1, 0.15) is 32.1 Å². The standard InChI is InChI=1S/C32H42N6O4/c1-34(2)31(40)36-13-11-35(12-14-36)25-7-9-26(10-8-25)37-15-16-38(28-6-4-3-5-27(28)37)42-30(39)33-29-23-17-22-18-24(29)21-32(41,19-22)20-23/h3-10,22-24,29,41H,11-21H2,1-2H3,(H,33,39)/t22?,23-,24+,29?,32?. The third-order valence-corrected chi connectivity index (χ3v) is 10.1. The summed E-state index contributed by atoms with van der Waals surface area (Å²) >= 11 is 0. The zero-order valence-corrected chi connectivity index (χ0v) is 24.6. The molecule has 4 saturated carbocycles. The van der Waals surface area contributed by atoms with E-state index in [0.717, 1.165) is 67.9 Å². The predicted octanol–water partition coefficient (Wildman–Crippen LogP) is 4.03. The van der Waals surface area contributed by atoms with Crippen molar-refractivity contribution in [3.8, 4) is 0 Å². The minimum atomic E-state index is -0.520. The number of nitrogens with zero attached hydrogens (tertiary/aromatic N) is 5. The molecule has 224 valence electrons. The smallest absolute Gasteiger partial charge is 0.390 e. The Labute approximate surface area is 247 Å². The van der Waals surface area contributed by atoms with Crippen molar-refractivity contribution in [2.75, 3.05) is 68.2 Å². The Morgan fingerprint density at radius 1 is 0.857 bits per heavy atom. The highest BCUT2D eigenvalue weighted by molar-refractivity contribution is 5.81. The summed E-state index contributed by atoms with van der Waals surface area (Å²) in [5.74, 6) is 1.27. The van der Waals surface area contributed by atoms with E-state index in [1.54, 1.807) is 24.1 Å². The Hall–Kier alpha value is -3.66. The van der Waals surface area contributed by atoms with Gasteiger partial charge in [0.05, 0.1) is 23.5 Å². The summed E-state index contributed by atoms with van der Waals surface area (Å²) in [4.78, 5) is 39.5. The topological polar surface area (TPSA) is 91.8 Å². The fraction of sp³-hybridized carbons (Fsp3) is 0.562. The molecule has 42 heavy (non-hydrogen) atoms. The van der Waals surface area contributed by atoms with Crippen molar-refractivity contribution in [1.29, 1.82) is 0 Å². The first-order chi connectivity index (χ1) is 20.3. The summed E-state index contributed by atoms with van der Waals surface area (Å²) in [7, 11) is 3.59. The summed E-state index contributed by atoms with van der Waals surface area (Å²) in [6, 6.07) is 16.8. The lowest BCUT2D eigenvalue weighted by Gasteiger charge is -2.57. The molecule has 2 N–H and O–H groups in total. The summed E-state index contributed by atoms with van der Waals surface area (Å²) in [6.45, 7) is 4.28. The normalized spacial score (nSPS) is 29.8. The number of amides is 3. The van der Waals surface area contributed by atoms with Crippen molar-refractivity contribution in [1.82, 2.24) is 15.1 Å². The summed E-state index contributed by atoms with van der Waals surface area (Å²) in [5, 5.41) is 15.8. The van der Waals surface area contributed by atoms with E-state index in [2.05, 4.69) is 45.4 Å². The van der Waals surface area contributed by atoms with Gasteiger partial charge in [-0.2, -0.15) is 0 Å². The van der Waals surface area contributed by atoms with Crippen molar-refractivity contribution in [3.05, 3.63) is 48.5 Å². The highest BCUT2D eigenvalue weighted by Gasteiger charge is 2.55. The van der Waals surface area contributed by atoms with Crippen molar-refractivity contribution in [2.45, 2.75) is 43.7 Å². The third kappa shape index (κ3) is 4.99. The molecular formula is C32H42N6O4. The number of hydroxylamine groups is 1. The van der Waals surface area contributed by atoms with Crippen LogP contribution in [0.2, 0.25) is 0 Å². The van der Waals surface area contributed by atoms with Crippen molar-refractivity contribution >= 4 is 34.9 Å². The van der Waals surface area contributed by atoms with Crippen LogP contribution in [0.3, 0.4) is 0 Å².